The summed E-state index contributed by atoms with van der Waals surface area (Å²) in [4.78, 5) is 37.2. The summed E-state index contributed by atoms with van der Waals surface area (Å²) in [5.74, 6) is -0.500. The predicted molar refractivity (Wildman–Crippen MR) is 109 cm³/mol. The Morgan fingerprint density at radius 2 is 1.90 bits per heavy atom. The van der Waals surface area contributed by atoms with Crippen LogP contribution in [0.1, 0.15) is 18.4 Å². The van der Waals surface area contributed by atoms with E-state index in [-0.39, 0.29) is 12.5 Å². The highest BCUT2D eigenvalue weighted by molar-refractivity contribution is 6.30. The number of carbonyl (C=O) groups is 3. The van der Waals surface area contributed by atoms with Crippen molar-refractivity contribution in [2.45, 2.75) is 19.8 Å². The lowest BCUT2D eigenvalue weighted by Gasteiger charge is -2.16. The monoisotopic (exact) mass is 416 g/mol. The van der Waals surface area contributed by atoms with Crippen LogP contribution in [0.25, 0.3) is 0 Å². The molecule has 29 heavy (non-hydrogen) atoms. The summed E-state index contributed by atoms with van der Waals surface area (Å²) in [7, 11) is 0. The Bertz CT molecular complexity index is 914. The zero-order valence-corrected chi connectivity index (χ0v) is 16.7. The Labute approximate surface area is 173 Å². The van der Waals surface area contributed by atoms with Crippen LogP contribution in [0.2, 0.25) is 5.02 Å². The highest BCUT2D eigenvalue weighted by Gasteiger charge is 2.21. The number of hydrogen-bond acceptors (Lipinski definition) is 5. The molecule has 2 amide bonds. The summed E-state index contributed by atoms with van der Waals surface area (Å²) >= 11 is 5.87. The number of rotatable bonds is 7. The molecular formula is C21H21ClN2O5. The van der Waals surface area contributed by atoms with Gasteiger partial charge in [-0.1, -0.05) is 11.6 Å². The van der Waals surface area contributed by atoms with Gasteiger partial charge in [-0.05, 0) is 61.4 Å². The molecule has 1 aliphatic rings. The minimum absolute atomic E-state index is 0.102. The quantitative estimate of drug-likeness (QED) is 0.700. The lowest BCUT2D eigenvalue weighted by atomic mass is 10.2. The molecule has 0 saturated carbocycles. The Balaban J connectivity index is 1.42. The average molecular weight is 417 g/mol. The molecule has 1 saturated heterocycles. The van der Waals surface area contributed by atoms with Gasteiger partial charge >= 0.3 is 5.97 Å². The molecule has 0 atom stereocenters. The number of ether oxygens (including phenoxy) is 2. The molecule has 2 aromatic carbocycles. The summed E-state index contributed by atoms with van der Waals surface area (Å²) in [6, 6.07) is 12.0. The molecule has 1 N–H and O–H groups in total. The first-order chi connectivity index (χ1) is 13.9. The standard InChI is InChI=1S/C21H21ClN2O5/c1-14-11-15(22)4-9-18(14)28-13-21(27)29-12-19(25)23-16-5-7-17(8-6-16)24-10-2-3-20(24)26/h4-9,11H,2-3,10,12-13H2,1H3,(H,23,25). The minimum atomic E-state index is -0.655. The van der Waals surface area contributed by atoms with Gasteiger partial charge in [0.2, 0.25) is 5.91 Å². The normalized spacial score (nSPS) is 13.3. The van der Waals surface area contributed by atoms with E-state index in [1.807, 2.05) is 6.92 Å². The fourth-order valence-corrected chi connectivity index (χ4v) is 3.17. The van der Waals surface area contributed by atoms with Crippen molar-refractivity contribution in [2.75, 3.05) is 30.0 Å². The molecule has 152 valence electrons. The van der Waals surface area contributed by atoms with Gasteiger partial charge in [0.05, 0.1) is 0 Å². The summed E-state index contributed by atoms with van der Waals surface area (Å²) in [5.41, 5.74) is 2.14. The second-order valence-corrected chi connectivity index (χ2v) is 7.04. The van der Waals surface area contributed by atoms with Gasteiger partial charge in [0.1, 0.15) is 5.75 Å². The molecule has 1 aliphatic heterocycles. The molecule has 1 fully saturated rings. The first kappa shape index (κ1) is 20.7. The number of halogens is 1. The number of nitrogens with zero attached hydrogens (tertiary/aromatic N) is 1. The third-order valence-corrected chi connectivity index (χ3v) is 4.62. The van der Waals surface area contributed by atoms with Crippen molar-refractivity contribution in [3.8, 4) is 5.75 Å². The van der Waals surface area contributed by atoms with E-state index in [1.54, 1.807) is 47.4 Å². The van der Waals surface area contributed by atoms with Gasteiger partial charge in [0, 0.05) is 29.4 Å². The zero-order chi connectivity index (χ0) is 20.8. The lowest BCUT2D eigenvalue weighted by molar-refractivity contribution is -0.149. The third-order valence-electron chi connectivity index (χ3n) is 4.38. The van der Waals surface area contributed by atoms with Gasteiger partial charge in [-0.2, -0.15) is 0 Å². The molecule has 1 heterocycles. The Morgan fingerprint density at radius 3 is 2.55 bits per heavy atom. The van der Waals surface area contributed by atoms with Crippen molar-refractivity contribution in [3.05, 3.63) is 53.1 Å². The minimum Gasteiger partial charge on any atom is -0.482 e. The SMILES string of the molecule is Cc1cc(Cl)ccc1OCC(=O)OCC(=O)Nc1ccc(N2CCCC2=O)cc1. The van der Waals surface area contributed by atoms with E-state index < -0.39 is 18.5 Å². The highest BCUT2D eigenvalue weighted by Crippen LogP contribution is 2.23. The lowest BCUT2D eigenvalue weighted by Crippen LogP contribution is -2.24. The van der Waals surface area contributed by atoms with Crippen LogP contribution in [0.3, 0.4) is 0 Å². The Kier molecular flexibility index (Phi) is 6.72. The van der Waals surface area contributed by atoms with E-state index in [2.05, 4.69) is 5.32 Å². The molecule has 0 bridgehead atoms. The number of carbonyl (C=O) groups excluding carboxylic acids is 3. The molecule has 0 spiro atoms. The van der Waals surface area contributed by atoms with E-state index in [0.717, 1.165) is 17.7 Å². The van der Waals surface area contributed by atoms with Crippen molar-refractivity contribution < 1.29 is 23.9 Å². The number of amides is 2. The fourth-order valence-electron chi connectivity index (χ4n) is 2.94. The van der Waals surface area contributed by atoms with Crippen molar-refractivity contribution in [1.29, 1.82) is 0 Å². The van der Waals surface area contributed by atoms with Gasteiger partial charge in [0.25, 0.3) is 5.91 Å². The average Bonchev–Trinajstić information content (AvgIpc) is 3.12. The molecule has 0 aliphatic carbocycles. The second-order valence-electron chi connectivity index (χ2n) is 6.60. The van der Waals surface area contributed by atoms with Gasteiger partial charge in [-0.15, -0.1) is 0 Å². The Morgan fingerprint density at radius 1 is 1.14 bits per heavy atom. The van der Waals surface area contributed by atoms with E-state index in [1.165, 1.54) is 0 Å². The second kappa shape index (κ2) is 9.43. The van der Waals surface area contributed by atoms with E-state index in [0.29, 0.717) is 29.4 Å². The maximum absolute atomic E-state index is 12.0. The number of aryl methyl sites for hydroxylation is 1. The van der Waals surface area contributed by atoms with E-state index in [4.69, 9.17) is 21.1 Å². The molecule has 2 aromatic rings. The van der Waals surface area contributed by atoms with Crippen LogP contribution in [0.5, 0.6) is 5.75 Å². The summed E-state index contributed by atoms with van der Waals surface area (Å²) in [5, 5.41) is 3.22. The molecule has 0 radical (unpaired) electrons. The smallest absolute Gasteiger partial charge is 0.344 e. The number of anilines is 2. The molecule has 0 unspecified atom stereocenters. The van der Waals surface area contributed by atoms with Crippen LogP contribution in [0.15, 0.2) is 42.5 Å². The predicted octanol–water partition coefficient (Wildman–Crippen LogP) is 3.34. The van der Waals surface area contributed by atoms with Crippen molar-refractivity contribution in [1.82, 2.24) is 0 Å². The fraction of sp³-hybridized carbons (Fsp3) is 0.286. The van der Waals surface area contributed by atoms with E-state index >= 15 is 0 Å². The molecular weight excluding hydrogens is 396 g/mol. The van der Waals surface area contributed by atoms with Crippen LogP contribution in [-0.4, -0.2) is 37.5 Å². The summed E-state index contributed by atoms with van der Waals surface area (Å²) in [6.45, 7) is 1.78. The van der Waals surface area contributed by atoms with Crippen LogP contribution in [0.4, 0.5) is 11.4 Å². The molecule has 8 heteroatoms. The first-order valence-electron chi connectivity index (χ1n) is 9.17. The van der Waals surface area contributed by atoms with Gasteiger partial charge in [-0.25, -0.2) is 4.79 Å². The van der Waals surface area contributed by atoms with Crippen molar-refractivity contribution in [2.24, 2.45) is 0 Å². The van der Waals surface area contributed by atoms with Crippen LogP contribution in [0, 0.1) is 6.92 Å². The zero-order valence-electron chi connectivity index (χ0n) is 15.9. The highest BCUT2D eigenvalue weighted by atomic mass is 35.5. The summed E-state index contributed by atoms with van der Waals surface area (Å²) in [6.07, 6.45) is 1.41. The van der Waals surface area contributed by atoms with Crippen LogP contribution >= 0.6 is 11.6 Å². The van der Waals surface area contributed by atoms with Crippen LogP contribution < -0.4 is 15.0 Å². The molecule has 7 nitrogen and oxygen atoms in total. The summed E-state index contributed by atoms with van der Waals surface area (Å²) < 4.78 is 10.3. The van der Waals surface area contributed by atoms with Gasteiger partial charge in [0.15, 0.2) is 13.2 Å². The topological polar surface area (TPSA) is 84.9 Å². The van der Waals surface area contributed by atoms with Crippen LogP contribution in [-0.2, 0) is 19.1 Å². The number of esters is 1. The molecule has 0 aromatic heterocycles. The maximum atomic E-state index is 12.0. The first-order valence-corrected chi connectivity index (χ1v) is 9.55. The maximum Gasteiger partial charge on any atom is 0.344 e. The van der Waals surface area contributed by atoms with Crippen molar-refractivity contribution in [3.63, 3.8) is 0 Å². The van der Waals surface area contributed by atoms with Gasteiger partial charge in [-0.3, -0.25) is 9.59 Å². The number of benzene rings is 2. The Hall–Kier alpha value is -3.06. The molecule has 3 rings (SSSR count). The largest absolute Gasteiger partial charge is 0.482 e. The van der Waals surface area contributed by atoms with Crippen molar-refractivity contribution >= 4 is 40.8 Å². The number of hydrogen-bond donors (Lipinski definition) is 1. The number of nitrogens with one attached hydrogen (secondary N) is 1. The van der Waals surface area contributed by atoms with Gasteiger partial charge < -0.3 is 19.7 Å². The third kappa shape index (κ3) is 5.71. The van der Waals surface area contributed by atoms with E-state index in [9.17, 15) is 14.4 Å².